The molecule has 10 nitrogen and oxygen atoms in total. The predicted octanol–water partition coefficient (Wildman–Crippen LogP) is 2.89. The lowest BCUT2D eigenvalue weighted by Crippen LogP contribution is -2.50. The first-order valence-corrected chi connectivity index (χ1v) is 13.1. The van der Waals surface area contributed by atoms with E-state index in [0.29, 0.717) is 12.0 Å². The zero-order valence-corrected chi connectivity index (χ0v) is 22.9. The predicted molar refractivity (Wildman–Crippen MR) is 144 cm³/mol. The Bertz CT molecular complexity index is 1230. The van der Waals surface area contributed by atoms with Crippen LogP contribution < -0.4 is 16.4 Å². The number of nitrogens with zero attached hydrogens (tertiary/aromatic N) is 3. The van der Waals surface area contributed by atoms with Gasteiger partial charge in [-0.3, -0.25) is 14.4 Å². The first-order valence-electron chi connectivity index (χ1n) is 12.2. The van der Waals surface area contributed by atoms with Crippen LogP contribution in [-0.2, 0) is 19.3 Å². The number of hydroxylamine groups is 2. The molecule has 2 aromatic rings. The van der Waals surface area contributed by atoms with Gasteiger partial charge in [0.25, 0.3) is 0 Å². The number of benzene rings is 2. The van der Waals surface area contributed by atoms with E-state index in [0.717, 1.165) is 35.0 Å². The number of amides is 4. The Morgan fingerprint density at radius 3 is 2.49 bits per heavy atom. The molecule has 0 aromatic heterocycles. The van der Waals surface area contributed by atoms with Crippen LogP contribution in [-0.4, -0.2) is 65.7 Å². The van der Waals surface area contributed by atoms with E-state index in [9.17, 15) is 23.2 Å². The fraction of sp³-hybridized carbons (Fsp3) is 0.385. The second-order valence-electron chi connectivity index (χ2n) is 8.97. The van der Waals surface area contributed by atoms with Crippen LogP contribution in [0.2, 0.25) is 0 Å². The van der Waals surface area contributed by atoms with Crippen molar-refractivity contribution < 1.29 is 28.0 Å². The second kappa shape index (κ2) is 13.0. The molecule has 1 aliphatic heterocycles. The van der Waals surface area contributed by atoms with E-state index >= 15 is 0 Å². The summed E-state index contributed by atoms with van der Waals surface area (Å²) in [6.07, 6.45) is 0.645. The van der Waals surface area contributed by atoms with Gasteiger partial charge in [-0.15, -0.1) is 0 Å². The number of rotatable bonds is 10. The zero-order chi connectivity index (χ0) is 28.7. The number of carbonyl (C=O) groups excluding carboxylic acids is 3. The molecule has 0 radical (unpaired) electrons. The highest BCUT2D eigenvalue weighted by atomic mass is 32.2. The Morgan fingerprint density at radius 2 is 1.85 bits per heavy atom. The number of hydrogen-bond acceptors (Lipinski definition) is 7. The van der Waals surface area contributed by atoms with Crippen LogP contribution in [0.4, 0.5) is 13.6 Å². The standard InChI is InChI=1S/C26H32F2N6O4S/c1-16(29)22(35)31-17(2)23(36)30-14-8-13-26(18-9-6-5-7-10-18)34(25(37)33(3)38-4)32-24(39-26)20-15-19(27)11-12-21(20)28/h5-7,9-12,15-17H,8,13-14,29H2,1-4H3,(H,30,36)(H,31,35). The summed E-state index contributed by atoms with van der Waals surface area (Å²) in [6, 6.07) is 9.89. The number of nitrogens with two attached hydrogens (primary N) is 1. The van der Waals surface area contributed by atoms with E-state index < -0.39 is 46.4 Å². The number of halogens is 2. The molecule has 4 amide bonds. The van der Waals surface area contributed by atoms with Gasteiger partial charge in [0.15, 0.2) is 0 Å². The lowest BCUT2D eigenvalue weighted by atomic mass is 10.0. The SMILES string of the molecule is CON(C)C(=O)N1N=C(c2cc(F)ccc2F)SC1(CCCNC(=O)C(C)NC(=O)C(C)N)c1ccccc1. The number of carbonyl (C=O) groups is 3. The van der Waals surface area contributed by atoms with Crippen LogP contribution in [0, 0.1) is 11.6 Å². The Kier molecular flexibility index (Phi) is 10.0. The van der Waals surface area contributed by atoms with Gasteiger partial charge < -0.3 is 16.4 Å². The van der Waals surface area contributed by atoms with Crippen molar-refractivity contribution in [3.8, 4) is 0 Å². The molecule has 1 aliphatic rings. The Morgan fingerprint density at radius 1 is 1.15 bits per heavy atom. The van der Waals surface area contributed by atoms with Crippen molar-refractivity contribution in [2.45, 2.75) is 43.6 Å². The van der Waals surface area contributed by atoms with Gasteiger partial charge in [-0.2, -0.15) is 10.1 Å². The van der Waals surface area contributed by atoms with Crippen LogP contribution >= 0.6 is 11.8 Å². The lowest BCUT2D eigenvalue weighted by Gasteiger charge is -2.37. The van der Waals surface area contributed by atoms with Crippen molar-refractivity contribution in [1.29, 1.82) is 0 Å². The highest BCUT2D eigenvalue weighted by Gasteiger charge is 2.49. The van der Waals surface area contributed by atoms with Crippen molar-refractivity contribution in [3.05, 3.63) is 71.3 Å². The molecule has 4 N–H and O–H groups in total. The normalized spacial score (nSPS) is 18.2. The number of urea groups is 1. The fourth-order valence-corrected chi connectivity index (χ4v) is 5.27. The third-order valence-corrected chi connectivity index (χ3v) is 7.51. The van der Waals surface area contributed by atoms with Gasteiger partial charge in [0, 0.05) is 19.2 Å². The summed E-state index contributed by atoms with van der Waals surface area (Å²) in [5.74, 6) is -2.18. The molecule has 3 unspecified atom stereocenters. The molecule has 0 saturated heterocycles. The molecule has 210 valence electrons. The topological polar surface area (TPSA) is 129 Å². The minimum Gasteiger partial charge on any atom is -0.354 e. The summed E-state index contributed by atoms with van der Waals surface area (Å²) in [6.45, 7) is 3.27. The second-order valence-corrected chi connectivity index (χ2v) is 10.2. The third kappa shape index (κ3) is 6.91. The summed E-state index contributed by atoms with van der Waals surface area (Å²) in [7, 11) is 2.74. The number of hydrogen-bond donors (Lipinski definition) is 3. The molecule has 0 bridgehead atoms. The monoisotopic (exact) mass is 562 g/mol. The van der Waals surface area contributed by atoms with Gasteiger partial charge in [-0.05, 0) is 50.5 Å². The minimum atomic E-state index is -1.17. The average Bonchev–Trinajstić information content (AvgIpc) is 3.32. The van der Waals surface area contributed by atoms with Gasteiger partial charge in [0.2, 0.25) is 11.8 Å². The molecule has 1 heterocycles. The van der Waals surface area contributed by atoms with Crippen molar-refractivity contribution in [2.75, 3.05) is 20.7 Å². The molecule has 2 aromatic carbocycles. The van der Waals surface area contributed by atoms with Gasteiger partial charge in [-0.25, -0.2) is 18.6 Å². The van der Waals surface area contributed by atoms with E-state index in [-0.39, 0.29) is 23.6 Å². The summed E-state index contributed by atoms with van der Waals surface area (Å²) in [4.78, 5) is 41.6. The molecule has 0 saturated carbocycles. The zero-order valence-electron chi connectivity index (χ0n) is 22.1. The molecular formula is C26H32F2N6O4S. The van der Waals surface area contributed by atoms with Crippen molar-refractivity contribution in [1.82, 2.24) is 20.7 Å². The van der Waals surface area contributed by atoms with Crippen molar-refractivity contribution in [2.24, 2.45) is 10.8 Å². The largest absolute Gasteiger partial charge is 0.365 e. The highest BCUT2D eigenvalue weighted by Crippen LogP contribution is 2.50. The maximum absolute atomic E-state index is 14.8. The molecular weight excluding hydrogens is 530 g/mol. The van der Waals surface area contributed by atoms with Gasteiger partial charge in [0.1, 0.15) is 27.6 Å². The fourth-order valence-electron chi connectivity index (χ4n) is 3.86. The lowest BCUT2D eigenvalue weighted by molar-refractivity contribution is -0.129. The van der Waals surface area contributed by atoms with Crippen LogP contribution in [0.3, 0.4) is 0 Å². The Labute approximate surface area is 229 Å². The summed E-state index contributed by atoms with van der Waals surface area (Å²) < 4.78 is 28.8. The van der Waals surface area contributed by atoms with Gasteiger partial charge in [0.05, 0.1) is 13.2 Å². The molecule has 3 rings (SSSR count). The molecule has 0 aliphatic carbocycles. The van der Waals surface area contributed by atoms with Crippen LogP contribution in [0.1, 0.15) is 37.8 Å². The molecule has 13 heteroatoms. The van der Waals surface area contributed by atoms with E-state index in [1.807, 2.05) is 18.2 Å². The Hall–Kier alpha value is -3.55. The Balaban J connectivity index is 1.89. The van der Waals surface area contributed by atoms with Crippen LogP contribution in [0.25, 0.3) is 0 Å². The molecule has 3 atom stereocenters. The first-order chi connectivity index (χ1) is 18.5. The smallest absolute Gasteiger partial charge is 0.354 e. The first kappa shape index (κ1) is 30.0. The summed E-state index contributed by atoms with van der Waals surface area (Å²) in [5.41, 5.74) is 6.15. The van der Waals surface area contributed by atoms with E-state index in [2.05, 4.69) is 15.7 Å². The van der Waals surface area contributed by atoms with E-state index in [1.165, 1.54) is 26.1 Å². The third-order valence-electron chi connectivity index (χ3n) is 6.06. The van der Waals surface area contributed by atoms with Gasteiger partial charge >= 0.3 is 6.03 Å². The maximum atomic E-state index is 14.8. The summed E-state index contributed by atoms with van der Waals surface area (Å²) in [5, 5.41) is 12.0. The number of nitrogens with one attached hydrogen (secondary N) is 2. The van der Waals surface area contributed by atoms with E-state index in [1.54, 1.807) is 19.1 Å². The van der Waals surface area contributed by atoms with Crippen LogP contribution in [0.5, 0.6) is 0 Å². The molecule has 0 fully saturated rings. The maximum Gasteiger partial charge on any atom is 0.365 e. The summed E-state index contributed by atoms with van der Waals surface area (Å²) >= 11 is 1.11. The van der Waals surface area contributed by atoms with Crippen LogP contribution in [0.15, 0.2) is 53.6 Å². The minimum absolute atomic E-state index is 0.0809. The average molecular weight is 563 g/mol. The van der Waals surface area contributed by atoms with Gasteiger partial charge in [-0.1, -0.05) is 42.1 Å². The quantitative estimate of drug-likeness (QED) is 0.302. The van der Waals surface area contributed by atoms with Crippen molar-refractivity contribution in [3.63, 3.8) is 0 Å². The number of hydrazone groups is 1. The molecule has 39 heavy (non-hydrogen) atoms. The highest BCUT2D eigenvalue weighted by molar-refractivity contribution is 8.15. The number of thioether (sulfide) groups is 1. The van der Waals surface area contributed by atoms with E-state index in [4.69, 9.17) is 10.6 Å². The van der Waals surface area contributed by atoms with Crippen molar-refractivity contribution >= 4 is 34.7 Å². The molecule has 0 spiro atoms.